The van der Waals surface area contributed by atoms with Gasteiger partial charge in [-0.1, -0.05) is 12.8 Å². The molecule has 2 N–H and O–H groups in total. The van der Waals surface area contributed by atoms with Crippen LogP contribution in [0.5, 0.6) is 0 Å². The average Bonchev–Trinajstić information content (AvgIpc) is 2.53. The van der Waals surface area contributed by atoms with Crippen LogP contribution in [0.15, 0.2) is 0 Å². The predicted molar refractivity (Wildman–Crippen MR) is 50.9 cm³/mol. The summed E-state index contributed by atoms with van der Waals surface area (Å²) in [4.78, 5) is 0. The van der Waals surface area contributed by atoms with Crippen LogP contribution in [0.25, 0.3) is 0 Å². The Bertz CT molecular complexity index is 255. The van der Waals surface area contributed by atoms with Gasteiger partial charge in [0.2, 0.25) is 10.0 Å². The third-order valence-electron chi connectivity index (χ3n) is 2.62. The lowest BCUT2D eigenvalue weighted by molar-refractivity contribution is 0.185. The summed E-state index contributed by atoms with van der Waals surface area (Å²) < 4.78 is 25.2. The van der Waals surface area contributed by atoms with Crippen LogP contribution in [-0.2, 0) is 10.0 Å². The maximum Gasteiger partial charge on any atom is 0.211 e. The van der Waals surface area contributed by atoms with Crippen LogP contribution >= 0.6 is 0 Å². The Morgan fingerprint density at radius 1 is 1.38 bits per heavy atom. The molecule has 1 aliphatic carbocycles. The zero-order valence-electron chi connectivity index (χ0n) is 7.91. The second-order valence-electron chi connectivity index (χ2n) is 3.65. The normalized spacial score (nSPS) is 22.0. The number of hydrogen-bond donors (Lipinski definition) is 2. The molecule has 0 unspecified atom stereocenters. The SMILES string of the molecule is CCS(=O)(=O)NC1(CO)CCCC1. The maximum absolute atomic E-state index is 11.3. The monoisotopic (exact) mass is 207 g/mol. The van der Waals surface area contributed by atoms with Crippen molar-refractivity contribution in [1.82, 2.24) is 4.72 Å². The summed E-state index contributed by atoms with van der Waals surface area (Å²) >= 11 is 0. The largest absolute Gasteiger partial charge is 0.394 e. The lowest BCUT2D eigenvalue weighted by Gasteiger charge is -2.27. The van der Waals surface area contributed by atoms with E-state index in [4.69, 9.17) is 5.11 Å². The van der Waals surface area contributed by atoms with E-state index in [1.165, 1.54) is 0 Å². The van der Waals surface area contributed by atoms with Gasteiger partial charge in [-0.25, -0.2) is 13.1 Å². The lowest BCUT2D eigenvalue weighted by atomic mass is 10.0. The molecular formula is C8H17NO3S. The molecule has 1 saturated carbocycles. The number of aliphatic hydroxyl groups is 1. The second-order valence-corrected chi connectivity index (χ2v) is 5.66. The molecule has 0 bridgehead atoms. The van der Waals surface area contributed by atoms with Crippen molar-refractivity contribution in [3.05, 3.63) is 0 Å². The summed E-state index contributed by atoms with van der Waals surface area (Å²) in [7, 11) is -3.18. The molecular weight excluding hydrogens is 190 g/mol. The molecule has 4 nitrogen and oxygen atoms in total. The molecule has 0 aromatic heterocycles. The van der Waals surface area contributed by atoms with Crippen LogP contribution in [0.4, 0.5) is 0 Å². The van der Waals surface area contributed by atoms with E-state index in [-0.39, 0.29) is 12.4 Å². The van der Waals surface area contributed by atoms with Gasteiger partial charge >= 0.3 is 0 Å². The van der Waals surface area contributed by atoms with Crippen LogP contribution in [0.1, 0.15) is 32.6 Å². The van der Waals surface area contributed by atoms with Gasteiger partial charge in [-0.15, -0.1) is 0 Å². The Hall–Kier alpha value is -0.130. The highest BCUT2D eigenvalue weighted by atomic mass is 32.2. The molecule has 0 aromatic rings. The maximum atomic E-state index is 11.3. The molecule has 13 heavy (non-hydrogen) atoms. The van der Waals surface area contributed by atoms with Gasteiger partial charge in [-0.05, 0) is 19.8 Å². The van der Waals surface area contributed by atoms with Gasteiger partial charge in [0, 0.05) is 0 Å². The lowest BCUT2D eigenvalue weighted by Crippen LogP contribution is -2.49. The minimum absolute atomic E-state index is 0.0781. The number of hydrogen-bond acceptors (Lipinski definition) is 3. The highest BCUT2D eigenvalue weighted by Gasteiger charge is 2.36. The molecule has 1 rings (SSSR count). The smallest absolute Gasteiger partial charge is 0.211 e. The molecule has 78 valence electrons. The first-order valence-corrected chi connectivity index (χ1v) is 6.31. The van der Waals surface area contributed by atoms with Gasteiger partial charge < -0.3 is 5.11 Å². The number of nitrogens with one attached hydrogen (secondary N) is 1. The van der Waals surface area contributed by atoms with Crippen molar-refractivity contribution < 1.29 is 13.5 Å². The molecule has 0 aliphatic heterocycles. The minimum atomic E-state index is -3.18. The first-order chi connectivity index (χ1) is 6.04. The predicted octanol–water partition coefficient (Wildman–Crippen LogP) is 0.231. The van der Waals surface area contributed by atoms with E-state index < -0.39 is 15.6 Å². The third-order valence-corrected chi connectivity index (χ3v) is 4.12. The summed E-state index contributed by atoms with van der Waals surface area (Å²) in [5.74, 6) is 0.0781. The molecule has 1 aliphatic rings. The zero-order chi connectivity index (χ0) is 9.95. The average molecular weight is 207 g/mol. The highest BCUT2D eigenvalue weighted by molar-refractivity contribution is 7.89. The Kier molecular flexibility index (Phi) is 3.32. The minimum Gasteiger partial charge on any atom is -0.394 e. The van der Waals surface area contributed by atoms with Crippen LogP contribution in [-0.4, -0.2) is 31.4 Å². The molecule has 5 heteroatoms. The fourth-order valence-electron chi connectivity index (χ4n) is 1.75. The zero-order valence-corrected chi connectivity index (χ0v) is 8.73. The van der Waals surface area contributed by atoms with Crippen molar-refractivity contribution in [1.29, 1.82) is 0 Å². The molecule has 0 saturated heterocycles. The van der Waals surface area contributed by atoms with E-state index in [0.29, 0.717) is 0 Å². The first kappa shape index (κ1) is 10.9. The van der Waals surface area contributed by atoms with E-state index in [1.54, 1.807) is 6.92 Å². The van der Waals surface area contributed by atoms with Gasteiger partial charge in [0.25, 0.3) is 0 Å². The van der Waals surface area contributed by atoms with Gasteiger partial charge in [-0.3, -0.25) is 0 Å². The molecule has 0 radical (unpaired) electrons. The topological polar surface area (TPSA) is 66.4 Å². The van der Waals surface area contributed by atoms with E-state index in [0.717, 1.165) is 25.7 Å². The standard InChI is InChI=1S/C8H17NO3S/c1-2-13(11,12)9-8(7-10)5-3-4-6-8/h9-10H,2-7H2,1H3. The van der Waals surface area contributed by atoms with E-state index in [9.17, 15) is 8.42 Å². The Balaban J connectivity index is 2.69. The summed E-state index contributed by atoms with van der Waals surface area (Å²) in [6, 6.07) is 0. The van der Waals surface area contributed by atoms with E-state index in [2.05, 4.69) is 4.72 Å². The van der Waals surface area contributed by atoms with Crippen molar-refractivity contribution in [3.8, 4) is 0 Å². The molecule has 0 aromatic carbocycles. The van der Waals surface area contributed by atoms with E-state index in [1.807, 2.05) is 0 Å². The van der Waals surface area contributed by atoms with Crippen molar-refractivity contribution in [2.75, 3.05) is 12.4 Å². The Morgan fingerprint density at radius 2 is 1.92 bits per heavy atom. The van der Waals surface area contributed by atoms with Crippen LogP contribution in [0, 0.1) is 0 Å². The van der Waals surface area contributed by atoms with Crippen LogP contribution in [0.2, 0.25) is 0 Å². The summed E-state index contributed by atoms with van der Waals surface area (Å²) in [6.07, 6.45) is 3.49. The summed E-state index contributed by atoms with van der Waals surface area (Å²) in [5.41, 5.74) is -0.561. The van der Waals surface area contributed by atoms with E-state index >= 15 is 0 Å². The Labute approximate surface area is 79.4 Å². The highest BCUT2D eigenvalue weighted by Crippen LogP contribution is 2.29. The molecule has 0 amide bonds. The van der Waals surface area contributed by atoms with Crippen molar-refractivity contribution in [2.45, 2.75) is 38.1 Å². The van der Waals surface area contributed by atoms with Crippen LogP contribution < -0.4 is 4.72 Å². The molecule has 0 spiro atoms. The van der Waals surface area contributed by atoms with Crippen molar-refractivity contribution >= 4 is 10.0 Å². The van der Waals surface area contributed by atoms with Gasteiger partial charge in [0.05, 0.1) is 17.9 Å². The van der Waals surface area contributed by atoms with Gasteiger partial charge in [0.1, 0.15) is 0 Å². The summed E-state index contributed by atoms with van der Waals surface area (Å²) in [5, 5.41) is 9.15. The van der Waals surface area contributed by atoms with Gasteiger partial charge in [-0.2, -0.15) is 0 Å². The first-order valence-electron chi connectivity index (χ1n) is 4.66. The molecule has 0 atom stereocenters. The molecule has 1 fully saturated rings. The fraction of sp³-hybridized carbons (Fsp3) is 1.00. The number of aliphatic hydroxyl groups excluding tert-OH is 1. The molecule has 0 heterocycles. The quantitative estimate of drug-likeness (QED) is 0.693. The fourth-order valence-corrected chi connectivity index (χ4v) is 2.82. The second kappa shape index (κ2) is 3.94. The van der Waals surface area contributed by atoms with Gasteiger partial charge in [0.15, 0.2) is 0 Å². The Morgan fingerprint density at radius 3 is 2.31 bits per heavy atom. The van der Waals surface area contributed by atoms with Crippen LogP contribution in [0.3, 0.4) is 0 Å². The number of sulfonamides is 1. The third kappa shape index (κ3) is 2.65. The summed E-state index contributed by atoms with van der Waals surface area (Å²) in [6.45, 7) is 1.51. The van der Waals surface area contributed by atoms with Crippen molar-refractivity contribution in [2.24, 2.45) is 0 Å². The number of rotatable bonds is 4. The van der Waals surface area contributed by atoms with Crippen molar-refractivity contribution in [3.63, 3.8) is 0 Å².